The molecule has 13 heavy (non-hydrogen) atoms. The van der Waals surface area contributed by atoms with Gasteiger partial charge in [-0.15, -0.1) is 0 Å². The van der Waals surface area contributed by atoms with Gasteiger partial charge in [-0.25, -0.2) is 4.98 Å². The number of aromatic nitrogens is 2. The number of imidazole rings is 1. The van der Waals surface area contributed by atoms with E-state index in [1.54, 1.807) is 0 Å². The van der Waals surface area contributed by atoms with Gasteiger partial charge in [-0.05, 0) is 24.1 Å². The molecule has 2 heterocycles. The smallest absolute Gasteiger partial charge is 0.0991 e. The number of fused-ring (bicyclic) bond motifs is 1. The molecular formula is C11H16N2. The molecule has 2 heteroatoms. The molecule has 0 aliphatic rings. The molecule has 0 amide bonds. The van der Waals surface area contributed by atoms with Crippen molar-refractivity contribution in [3.63, 3.8) is 0 Å². The molecule has 2 aromatic heterocycles. The molecule has 0 atom stereocenters. The van der Waals surface area contributed by atoms with Crippen molar-refractivity contribution in [3.8, 4) is 0 Å². The molecule has 0 bridgehead atoms. The Kier molecular flexibility index (Phi) is 3.50. The van der Waals surface area contributed by atoms with Crippen LogP contribution < -0.4 is 0 Å². The van der Waals surface area contributed by atoms with E-state index in [0.717, 1.165) is 6.42 Å². The molecule has 0 fully saturated rings. The van der Waals surface area contributed by atoms with Gasteiger partial charge in [0.05, 0.1) is 18.0 Å². The zero-order valence-electron chi connectivity index (χ0n) is 8.49. The number of rotatable bonds is 1. The van der Waals surface area contributed by atoms with Crippen LogP contribution in [0.25, 0.3) is 5.52 Å². The van der Waals surface area contributed by atoms with Crippen LogP contribution in [0.5, 0.6) is 0 Å². The Labute approximate surface area is 79.2 Å². The lowest BCUT2D eigenvalue weighted by Crippen LogP contribution is -1.84. The minimum absolute atomic E-state index is 1.08. The molecule has 2 rings (SSSR count). The van der Waals surface area contributed by atoms with Gasteiger partial charge < -0.3 is 4.40 Å². The Morgan fingerprint density at radius 1 is 1.38 bits per heavy atom. The van der Waals surface area contributed by atoms with Gasteiger partial charge in [0, 0.05) is 6.20 Å². The van der Waals surface area contributed by atoms with E-state index < -0.39 is 0 Å². The van der Waals surface area contributed by atoms with Gasteiger partial charge in [0.2, 0.25) is 0 Å². The summed E-state index contributed by atoms with van der Waals surface area (Å²) in [5.41, 5.74) is 2.53. The van der Waals surface area contributed by atoms with Gasteiger partial charge >= 0.3 is 0 Å². The van der Waals surface area contributed by atoms with Crippen LogP contribution in [0, 0.1) is 0 Å². The number of nitrogens with zero attached hydrogens (tertiary/aromatic N) is 2. The Morgan fingerprint density at radius 3 is 2.85 bits per heavy atom. The van der Waals surface area contributed by atoms with E-state index in [1.807, 2.05) is 37.0 Å². The Morgan fingerprint density at radius 2 is 2.15 bits per heavy atom. The second-order valence-corrected chi connectivity index (χ2v) is 2.61. The zero-order valence-corrected chi connectivity index (χ0v) is 8.49. The Bertz CT molecular complexity index is 363. The number of pyridine rings is 1. The third kappa shape index (κ3) is 2.08. The first-order valence-electron chi connectivity index (χ1n) is 4.81. The predicted molar refractivity (Wildman–Crippen MR) is 55.9 cm³/mol. The van der Waals surface area contributed by atoms with Gasteiger partial charge in [0.25, 0.3) is 0 Å². The minimum Gasteiger partial charge on any atom is -0.306 e. The third-order valence-corrected chi connectivity index (χ3v) is 1.89. The molecule has 0 saturated carbocycles. The first-order valence-corrected chi connectivity index (χ1v) is 4.81. The van der Waals surface area contributed by atoms with Crippen molar-refractivity contribution in [3.05, 3.63) is 36.4 Å². The van der Waals surface area contributed by atoms with Crippen molar-refractivity contribution in [1.29, 1.82) is 0 Å². The van der Waals surface area contributed by atoms with Crippen LogP contribution in [0.4, 0.5) is 0 Å². The highest BCUT2D eigenvalue weighted by Crippen LogP contribution is 2.06. The van der Waals surface area contributed by atoms with Gasteiger partial charge in [-0.3, -0.25) is 0 Å². The molecule has 0 aliphatic heterocycles. The first kappa shape index (κ1) is 9.78. The molecule has 0 radical (unpaired) electrons. The van der Waals surface area contributed by atoms with Crippen LogP contribution >= 0.6 is 0 Å². The van der Waals surface area contributed by atoms with Crippen molar-refractivity contribution in [1.82, 2.24) is 9.38 Å². The highest BCUT2D eigenvalue weighted by Gasteiger charge is 1.92. The average molecular weight is 176 g/mol. The molecular weight excluding hydrogens is 160 g/mol. The van der Waals surface area contributed by atoms with Crippen LogP contribution in [0.2, 0.25) is 0 Å². The van der Waals surface area contributed by atoms with Crippen LogP contribution in [-0.4, -0.2) is 9.38 Å². The Hall–Kier alpha value is -1.31. The molecule has 70 valence electrons. The Balaban J connectivity index is 0.000000396. The monoisotopic (exact) mass is 176 g/mol. The SMILES string of the molecule is CC.CCc1ccn2cncc2c1. The van der Waals surface area contributed by atoms with Gasteiger partial charge in [0.15, 0.2) is 0 Å². The van der Waals surface area contributed by atoms with Gasteiger partial charge in [-0.2, -0.15) is 0 Å². The van der Waals surface area contributed by atoms with Crippen molar-refractivity contribution in [2.45, 2.75) is 27.2 Å². The van der Waals surface area contributed by atoms with E-state index >= 15 is 0 Å². The van der Waals surface area contributed by atoms with Gasteiger partial charge in [0.1, 0.15) is 0 Å². The molecule has 2 aromatic rings. The zero-order chi connectivity index (χ0) is 9.68. The maximum atomic E-state index is 4.04. The van der Waals surface area contributed by atoms with Gasteiger partial charge in [-0.1, -0.05) is 20.8 Å². The summed E-state index contributed by atoms with van der Waals surface area (Å²) in [5, 5.41) is 0. The van der Waals surface area contributed by atoms with E-state index in [-0.39, 0.29) is 0 Å². The fourth-order valence-corrected chi connectivity index (χ4v) is 1.19. The summed E-state index contributed by atoms with van der Waals surface area (Å²) in [6, 6.07) is 4.28. The summed E-state index contributed by atoms with van der Waals surface area (Å²) in [4.78, 5) is 4.04. The van der Waals surface area contributed by atoms with Crippen LogP contribution in [0.3, 0.4) is 0 Å². The van der Waals surface area contributed by atoms with E-state index in [2.05, 4.69) is 24.0 Å². The second-order valence-electron chi connectivity index (χ2n) is 2.61. The lowest BCUT2D eigenvalue weighted by atomic mass is 10.2. The maximum Gasteiger partial charge on any atom is 0.0991 e. The normalized spacial score (nSPS) is 9.46. The molecule has 0 unspecified atom stereocenters. The van der Waals surface area contributed by atoms with Crippen LogP contribution in [-0.2, 0) is 6.42 Å². The second kappa shape index (κ2) is 4.65. The fourth-order valence-electron chi connectivity index (χ4n) is 1.19. The third-order valence-electron chi connectivity index (χ3n) is 1.89. The van der Waals surface area contributed by atoms with Crippen LogP contribution in [0.1, 0.15) is 26.3 Å². The summed E-state index contributed by atoms with van der Waals surface area (Å²) in [6.45, 7) is 6.15. The van der Waals surface area contributed by atoms with Crippen molar-refractivity contribution in [2.75, 3.05) is 0 Å². The number of hydrogen-bond donors (Lipinski definition) is 0. The molecule has 0 N–H and O–H groups in total. The van der Waals surface area contributed by atoms with E-state index in [9.17, 15) is 0 Å². The molecule has 0 saturated heterocycles. The van der Waals surface area contributed by atoms with E-state index in [4.69, 9.17) is 0 Å². The highest BCUT2D eigenvalue weighted by molar-refractivity contribution is 5.46. The molecule has 0 spiro atoms. The lowest BCUT2D eigenvalue weighted by molar-refractivity contribution is 1.09. The van der Waals surface area contributed by atoms with Crippen molar-refractivity contribution in [2.24, 2.45) is 0 Å². The fraction of sp³-hybridized carbons (Fsp3) is 0.364. The van der Waals surface area contributed by atoms with E-state index in [1.165, 1.54) is 11.1 Å². The first-order chi connectivity index (χ1) is 6.40. The maximum absolute atomic E-state index is 4.04. The predicted octanol–water partition coefficient (Wildman–Crippen LogP) is 2.92. The summed E-state index contributed by atoms with van der Waals surface area (Å²) in [7, 11) is 0. The number of aryl methyl sites for hydroxylation is 1. The standard InChI is InChI=1S/C9H10N2.C2H6/c1-2-8-3-4-11-7-10-6-9(11)5-8;1-2/h3-7H,2H2,1H3;1-2H3. The summed E-state index contributed by atoms with van der Waals surface area (Å²) < 4.78 is 2.01. The van der Waals surface area contributed by atoms with Crippen molar-refractivity contribution >= 4 is 5.52 Å². The summed E-state index contributed by atoms with van der Waals surface area (Å²) >= 11 is 0. The molecule has 0 aliphatic carbocycles. The molecule has 2 nitrogen and oxygen atoms in total. The number of hydrogen-bond acceptors (Lipinski definition) is 1. The molecule has 0 aromatic carbocycles. The average Bonchev–Trinajstić information content (AvgIpc) is 2.67. The quantitative estimate of drug-likeness (QED) is 0.653. The van der Waals surface area contributed by atoms with E-state index in [0.29, 0.717) is 0 Å². The largest absolute Gasteiger partial charge is 0.306 e. The highest BCUT2D eigenvalue weighted by atomic mass is 15.0. The summed E-state index contributed by atoms with van der Waals surface area (Å²) in [5.74, 6) is 0. The van der Waals surface area contributed by atoms with Crippen LogP contribution in [0.15, 0.2) is 30.9 Å². The van der Waals surface area contributed by atoms with Crippen molar-refractivity contribution < 1.29 is 0 Å². The summed E-state index contributed by atoms with van der Waals surface area (Å²) in [6.07, 6.45) is 6.82. The lowest BCUT2D eigenvalue weighted by Gasteiger charge is -1.96. The topological polar surface area (TPSA) is 17.3 Å². The minimum atomic E-state index is 1.08.